The molecule has 0 saturated carbocycles. The summed E-state index contributed by atoms with van der Waals surface area (Å²) in [5.74, 6) is -0.759. The maximum atomic E-state index is 11.3. The molecule has 0 spiro atoms. The van der Waals surface area contributed by atoms with Crippen molar-refractivity contribution in [3.63, 3.8) is 0 Å². The predicted molar refractivity (Wildman–Crippen MR) is 61.0 cm³/mol. The molecule has 0 aliphatic carbocycles. The van der Waals surface area contributed by atoms with Crippen molar-refractivity contribution in [1.29, 1.82) is 0 Å². The van der Waals surface area contributed by atoms with Crippen LogP contribution < -0.4 is 73.4 Å². The SMILES string of the molecule is CC(=O)c1cccc(OP(=O)([O-])C(=O)OP(=O)([O-])O)c1.[Na+].[Na+]. The third-order valence-corrected chi connectivity index (χ3v) is 3.41. The van der Waals surface area contributed by atoms with Gasteiger partial charge in [-0.15, -0.1) is 0 Å². The Hall–Kier alpha value is 0.500. The maximum Gasteiger partial charge on any atom is 1.00 e. The van der Waals surface area contributed by atoms with Crippen molar-refractivity contribution in [2.24, 2.45) is 0 Å². The molecular weight excluding hydrogens is 360 g/mol. The first-order chi connectivity index (χ1) is 9.01. The molecular formula is C9H8Na2O9P2. The Balaban J connectivity index is 0. The third kappa shape index (κ3) is 8.38. The minimum absolute atomic E-state index is 0. The molecule has 0 amide bonds. The van der Waals surface area contributed by atoms with Crippen LogP contribution in [-0.4, -0.2) is 16.4 Å². The molecule has 1 aromatic rings. The molecule has 0 aliphatic rings. The summed E-state index contributed by atoms with van der Waals surface area (Å²) in [5.41, 5.74) is -2.15. The van der Waals surface area contributed by atoms with E-state index in [2.05, 4.69) is 9.05 Å². The second-order valence-corrected chi connectivity index (χ2v) is 6.16. The number of carbonyl (C=O) groups excluding carboxylic acids is 2. The van der Waals surface area contributed by atoms with Crippen molar-refractivity contribution >= 4 is 26.9 Å². The number of ketones is 1. The van der Waals surface area contributed by atoms with E-state index in [-0.39, 0.29) is 76.2 Å². The fourth-order valence-electron chi connectivity index (χ4n) is 1.10. The Bertz CT molecular complexity index is 642. The molecule has 1 aromatic carbocycles. The summed E-state index contributed by atoms with van der Waals surface area (Å²) in [4.78, 5) is 51.9. The fourth-order valence-corrected chi connectivity index (χ4v) is 2.47. The molecule has 1 N–H and O–H groups in total. The summed E-state index contributed by atoms with van der Waals surface area (Å²) >= 11 is 0. The summed E-state index contributed by atoms with van der Waals surface area (Å²) in [5, 5.41) is 0. The van der Waals surface area contributed by atoms with Crippen LogP contribution in [0.25, 0.3) is 0 Å². The summed E-state index contributed by atoms with van der Waals surface area (Å²) < 4.78 is 29.2. The van der Waals surface area contributed by atoms with Crippen molar-refractivity contribution in [2.45, 2.75) is 6.92 Å². The topological polar surface area (TPSA) is 153 Å². The van der Waals surface area contributed by atoms with Gasteiger partial charge in [-0.3, -0.25) is 13.9 Å². The van der Waals surface area contributed by atoms with Gasteiger partial charge in [0.25, 0.3) is 7.60 Å². The van der Waals surface area contributed by atoms with Gasteiger partial charge in [0.1, 0.15) is 5.75 Å². The first-order valence-corrected chi connectivity index (χ1v) is 7.95. The number of phosphoric ester groups is 1. The van der Waals surface area contributed by atoms with E-state index in [0.717, 1.165) is 12.1 Å². The van der Waals surface area contributed by atoms with E-state index in [1.165, 1.54) is 19.1 Å². The average Bonchev–Trinajstić information content (AvgIpc) is 2.26. The molecule has 0 heterocycles. The molecule has 1 rings (SSSR count). The van der Waals surface area contributed by atoms with Crippen molar-refractivity contribution in [3.8, 4) is 5.75 Å². The minimum atomic E-state index is -5.55. The van der Waals surface area contributed by atoms with Crippen LogP contribution in [0.3, 0.4) is 0 Å². The average molecular weight is 368 g/mol. The van der Waals surface area contributed by atoms with Gasteiger partial charge in [0.05, 0.1) is 0 Å². The Morgan fingerprint density at radius 1 is 1.18 bits per heavy atom. The number of benzene rings is 1. The summed E-state index contributed by atoms with van der Waals surface area (Å²) in [7, 11) is -11.0. The second-order valence-electron chi connectivity index (χ2n) is 3.50. The van der Waals surface area contributed by atoms with Crippen LogP contribution in [0.15, 0.2) is 24.3 Å². The number of carbonyl (C=O) groups is 2. The van der Waals surface area contributed by atoms with Gasteiger partial charge >= 0.3 is 72.6 Å². The van der Waals surface area contributed by atoms with Crippen LogP contribution in [0.1, 0.15) is 17.3 Å². The number of phosphoric acid groups is 1. The summed E-state index contributed by atoms with van der Waals surface area (Å²) in [6, 6.07) is 4.83. The molecule has 13 heteroatoms. The Labute approximate surface area is 169 Å². The van der Waals surface area contributed by atoms with Gasteiger partial charge < -0.3 is 23.7 Å². The predicted octanol–water partition coefficient (Wildman–Crippen LogP) is -5.57. The number of rotatable bonds is 5. The van der Waals surface area contributed by atoms with E-state index in [0.29, 0.717) is 0 Å². The summed E-state index contributed by atoms with van der Waals surface area (Å²) in [6.45, 7) is 1.23. The quantitative estimate of drug-likeness (QED) is 0.304. The monoisotopic (exact) mass is 368 g/mol. The first-order valence-electron chi connectivity index (χ1n) is 4.91. The number of hydrogen-bond donors (Lipinski definition) is 1. The van der Waals surface area contributed by atoms with Crippen LogP contribution in [0.5, 0.6) is 5.75 Å². The zero-order chi connectivity index (χ0) is 15.6. The normalized spacial score (nSPS) is 15.1. The van der Waals surface area contributed by atoms with Crippen LogP contribution in [-0.2, 0) is 13.7 Å². The van der Waals surface area contributed by atoms with Gasteiger partial charge in [-0.25, -0.2) is 4.79 Å². The zero-order valence-corrected chi connectivity index (χ0v) is 17.7. The fraction of sp³-hybridized carbons (Fsp3) is 0.111. The molecule has 0 aliphatic heterocycles. The molecule has 0 radical (unpaired) electrons. The van der Waals surface area contributed by atoms with Crippen LogP contribution in [0, 0.1) is 0 Å². The molecule has 0 bridgehead atoms. The molecule has 0 saturated heterocycles. The number of Topliss-reactive ketones (excluding diaryl/α,β-unsaturated/α-hetero) is 1. The molecule has 0 aromatic heterocycles. The Morgan fingerprint density at radius 2 is 1.73 bits per heavy atom. The molecule has 9 nitrogen and oxygen atoms in total. The molecule has 0 fully saturated rings. The van der Waals surface area contributed by atoms with E-state index in [4.69, 9.17) is 4.89 Å². The second kappa shape index (κ2) is 9.71. The van der Waals surface area contributed by atoms with Gasteiger partial charge in [-0.05, 0) is 19.1 Å². The van der Waals surface area contributed by atoms with E-state index in [9.17, 15) is 28.5 Å². The van der Waals surface area contributed by atoms with Gasteiger partial charge in [-0.2, -0.15) is 0 Å². The smallest absolute Gasteiger partial charge is 0.761 e. The van der Waals surface area contributed by atoms with Crippen molar-refractivity contribution in [1.82, 2.24) is 0 Å². The number of hydrogen-bond acceptors (Lipinski definition) is 8. The van der Waals surface area contributed by atoms with E-state index >= 15 is 0 Å². The van der Waals surface area contributed by atoms with E-state index in [1.54, 1.807) is 0 Å². The Morgan fingerprint density at radius 3 is 2.18 bits per heavy atom. The zero-order valence-electron chi connectivity index (χ0n) is 11.9. The van der Waals surface area contributed by atoms with Crippen LogP contribution in [0.2, 0.25) is 0 Å². The largest absolute Gasteiger partial charge is 1.00 e. The minimum Gasteiger partial charge on any atom is -0.761 e. The molecule has 110 valence electrons. The van der Waals surface area contributed by atoms with Crippen molar-refractivity contribution < 1.29 is 102 Å². The molecule has 2 atom stereocenters. The van der Waals surface area contributed by atoms with Gasteiger partial charge in [0, 0.05) is 5.56 Å². The van der Waals surface area contributed by atoms with Crippen molar-refractivity contribution in [2.75, 3.05) is 0 Å². The van der Waals surface area contributed by atoms with Crippen LogP contribution in [0.4, 0.5) is 4.79 Å². The molecule has 2 unspecified atom stereocenters. The third-order valence-electron chi connectivity index (χ3n) is 1.88. The van der Waals surface area contributed by atoms with Gasteiger partial charge in [-0.1, -0.05) is 12.1 Å². The van der Waals surface area contributed by atoms with Crippen molar-refractivity contribution in [3.05, 3.63) is 29.8 Å². The first kappa shape index (κ1) is 24.7. The standard InChI is InChI=1S/C9H10O9P2.2Na/c1-6(10)7-3-2-4-8(5-7)17-19(12,13)9(11)18-20(14,15)16;;/h2-5H,1H3,(H,12,13)(H2,14,15,16);;/q;2*+1/p-2. The Kier molecular flexibility index (Phi) is 10.9. The van der Waals surface area contributed by atoms with Gasteiger partial charge in [0.2, 0.25) is 0 Å². The van der Waals surface area contributed by atoms with E-state index < -0.39 is 21.1 Å². The van der Waals surface area contributed by atoms with Gasteiger partial charge in [0.15, 0.2) is 5.78 Å². The summed E-state index contributed by atoms with van der Waals surface area (Å²) in [6.07, 6.45) is 0. The maximum absolute atomic E-state index is 11.3. The van der Waals surface area contributed by atoms with E-state index in [1.807, 2.05) is 0 Å². The molecule has 22 heavy (non-hydrogen) atoms. The van der Waals surface area contributed by atoms with Crippen LogP contribution >= 0.6 is 15.4 Å².